The van der Waals surface area contributed by atoms with Gasteiger partial charge < -0.3 is 4.74 Å². The molecule has 0 aliphatic rings. The van der Waals surface area contributed by atoms with Crippen LogP contribution < -0.4 is 4.74 Å². The minimum absolute atomic E-state index is 0.365. The van der Waals surface area contributed by atoms with Gasteiger partial charge in [-0.2, -0.15) is 10.4 Å². The molecule has 0 aliphatic heterocycles. The van der Waals surface area contributed by atoms with Crippen molar-refractivity contribution in [1.29, 1.82) is 5.26 Å². The Hall–Kier alpha value is -1.99. The van der Waals surface area contributed by atoms with E-state index >= 15 is 0 Å². The summed E-state index contributed by atoms with van der Waals surface area (Å²) in [6, 6.07) is 9.04. The molecule has 0 aliphatic carbocycles. The van der Waals surface area contributed by atoms with Crippen LogP contribution >= 0.6 is 11.6 Å². The van der Waals surface area contributed by atoms with Gasteiger partial charge in [-0.05, 0) is 32.0 Å². The second-order valence-corrected chi connectivity index (χ2v) is 4.57. The highest BCUT2D eigenvalue weighted by atomic mass is 35.5. The van der Waals surface area contributed by atoms with E-state index in [1.54, 1.807) is 18.2 Å². The van der Waals surface area contributed by atoms with Gasteiger partial charge in [0.1, 0.15) is 18.4 Å². The number of halogens is 1. The molecule has 0 saturated carbocycles. The second-order valence-electron chi connectivity index (χ2n) is 4.13. The second kappa shape index (κ2) is 5.77. The highest BCUT2D eigenvalue weighted by Crippen LogP contribution is 2.23. The van der Waals surface area contributed by atoms with E-state index in [1.807, 2.05) is 24.6 Å². The minimum atomic E-state index is 0.365. The molecule has 0 fully saturated rings. The molecular formula is C14H14ClN3O. The molecule has 0 radical (unpaired) electrons. The molecule has 1 aromatic carbocycles. The van der Waals surface area contributed by atoms with Crippen molar-refractivity contribution in [2.45, 2.75) is 27.0 Å². The number of aryl methyl sites for hydroxylation is 2. The Morgan fingerprint density at radius 2 is 2.21 bits per heavy atom. The third-order valence-electron chi connectivity index (χ3n) is 2.72. The highest BCUT2D eigenvalue weighted by molar-refractivity contribution is 6.30. The van der Waals surface area contributed by atoms with Gasteiger partial charge in [0.25, 0.3) is 0 Å². The van der Waals surface area contributed by atoms with Gasteiger partial charge >= 0.3 is 0 Å². The van der Waals surface area contributed by atoms with Crippen molar-refractivity contribution in [1.82, 2.24) is 9.78 Å². The van der Waals surface area contributed by atoms with Crippen LogP contribution in [0.15, 0.2) is 24.3 Å². The number of nitrogens with zero attached hydrogens (tertiary/aromatic N) is 3. The summed E-state index contributed by atoms with van der Waals surface area (Å²) in [5.41, 5.74) is 2.40. The number of hydrogen-bond acceptors (Lipinski definition) is 3. The molecule has 1 heterocycles. The van der Waals surface area contributed by atoms with Crippen molar-refractivity contribution in [2.75, 3.05) is 0 Å². The monoisotopic (exact) mass is 275 g/mol. The number of nitriles is 1. The van der Waals surface area contributed by atoms with Crippen LogP contribution in [0, 0.1) is 18.3 Å². The summed E-state index contributed by atoms with van der Waals surface area (Å²) in [5, 5.41) is 13.9. The fourth-order valence-electron chi connectivity index (χ4n) is 1.85. The topological polar surface area (TPSA) is 50.8 Å². The van der Waals surface area contributed by atoms with E-state index in [0.29, 0.717) is 22.9 Å². The number of benzene rings is 1. The number of hydrogen-bond donors (Lipinski definition) is 0. The van der Waals surface area contributed by atoms with Crippen molar-refractivity contribution in [3.8, 4) is 11.8 Å². The summed E-state index contributed by atoms with van der Waals surface area (Å²) in [4.78, 5) is 0. The van der Waals surface area contributed by atoms with Crippen LogP contribution in [0.2, 0.25) is 5.02 Å². The third-order valence-corrected chi connectivity index (χ3v) is 2.96. The molecule has 19 heavy (non-hydrogen) atoms. The van der Waals surface area contributed by atoms with E-state index in [0.717, 1.165) is 17.9 Å². The molecule has 5 heteroatoms. The first kappa shape index (κ1) is 13.4. The van der Waals surface area contributed by atoms with Gasteiger partial charge in [0.2, 0.25) is 0 Å². The summed E-state index contributed by atoms with van der Waals surface area (Å²) in [6.07, 6.45) is 0. The standard InChI is InChI=1S/C14H14ClN3O/c1-3-18-13(6-10(2)17-18)9-19-14-7-12(15)5-4-11(14)8-16/h4-7H,3,9H2,1-2H3. The first-order valence-electron chi connectivity index (χ1n) is 5.99. The van der Waals surface area contributed by atoms with Gasteiger partial charge in [-0.1, -0.05) is 11.6 Å². The average molecular weight is 276 g/mol. The maximum atomic E-state index is 9.02. The first-order valence-corrected chi connectivity index (χ1v) is 6.37. The molecule has 0 N–H and O–H groups in total. The van der Waals surface area contributed by atoms with Crippen molar-refractivity contribution >= 4 is 11.6 Å². The van der Waals surface area contributed by atoms with E-state index in [4.69, 9.17) is 21.6 Å². The van der Waals surface area contributed by atoms with Gasteiger partial charge in [-0.25, -0.2) is 0 Å². The van der Waals surface area contributed by atoms with Crippen LogP contribution in [-0.2, 0) is 13.2 Å². The zero-order chi connectivity index (χ0) is 13.8. The van der Waals surface area contributed by atoms with Crippen LogP contribution in [0.5, 0.6) is 5.75 Å². The normalized spacial score (nSPS) is 10.2. The van der Waals surface area contributed by atoms with Gasteiger partial charge in [0.15, 0.2) is 0 Å². The highest BCUT2D eigenvalue weighted by Gasteiger charge is 2.08. The molecule has 0 unspecified atom stereocenters. The van der Waals surface area contributed by atoms with E-state index in [2.05, 4.69) is 11.2 Å². The molecule has 1 aromatic heterocycles. The zero-order valence-electron chi connectivity index (χ0n) is 10.9. The van der Waals surface area contributed by atoms with E-state index < -0.39 is 0 Å². The molecule has 0 saturated heterocycles. The Morgan fingerprint density at radius 3 is 2.89 bits per heavy atom. The lowest BCUT2D eigenvalue weighted by Gasteiger charge is -2.09. The maximum Gasteiger partial charge on any atom is 0.139 e. The Labute approximate surface area is 117 Å². The van der Waals surface area contributed by atoms with Crippen molar-refractivity contribution in [3.63, 3.8) is 0 Å². The van der Waals surface area contributed by atoms with Crippen LogP contribution in [-0.4, -0.2) is 9.78 Å². The van der Waals surface area contributed by atoms with Crippen LogP contribution in [0.1, 0.15) is 23.9 Å². The molecule has 2 aromatic rings. The molecule has 4 nitrogen and oxygen atoms in total. The van der Waals surface area contributed by atoms with Gasteiger partial charge in [-0.15, -0.1) is 0 Å². The lowest BCUT2D eigenvalue weighted by Crippen LogP contribution is -2.06. The predicted octanol–water partition coefficient (Wildman–Crippen LogP) is 3.32. The lowest BCUT2D eigenvalue weighted by molar-refractivity contribution is 0.291. The summed E-state index contributed by atoms with van der Waals surface area (Å²) in [6.45, 7) is 5.11. The average Bonchev–Trinajstić information content (AvgIpc) is 2.77. The minimum Gasteiger partial charge on any atom is -0.486 e. The van der Waals surface area contributed by atoms with Crippen molar-refractivity contribution in [3.05, 3.63) is 46.2 Å². The summed E-state index contributed by atoms with van der Waals surface area (Å²) in [7, 11) is 0. The quantitative estimate of drug-likeness (QED) is 0.860. The zero-order valence-corrected chi connectivity index (χ0v) is 11.6. The largest absolute Gasteiger partial charge is 0.486 e. The fraction of sp³-hybridized carbons (Fsp3) is 0.286. The molecule has 0 spiro atoms. The molecule has 2 rings (SSSR count). The molecule has 0 bridgehead atoms. The van der Waals surface area contributed by atoms with E-state index in [-0.39, 0.29) is 0 Å². The SMILES string of the molecule is CCn1nc(C)cc1COc1cc(Cl)ccc1C#N. The van der Waals surface area contributed by atoms with Gasteiger partial charge in [0, 0.05) is 17.6 Å². The fourth-order valence-corrected chi connectivity index (χ4v) is 2.01. The van der Waals surface area contributed by atoms with Crippen LogP contribution in [0.4, 0.5) is 0 Å². The first-order chi connectivity index (χ1) is 9.13. The van der Waals surface area contributed by atoms with Gasteiger partial charge in [-0.3, -0.25) is 4.68 Å². The molecule has 0 atom stereocenters. The Balaban J connectivity index is 2.18. The Kier molecular flexibility index (Phi) is 4.08. The van der Waals surface area contributed by atoms with Crippen LogP contribution in [0.25, 0.3) is 0 Å². The van der Waals surface area contributed by atoms with Crippen LogP contribution in [0.3, 0.4) is 0 Å². The number of aromatic nitrogens is 2. The third kappa shape index (κ3) is 3.07. The smallest absolute Gasteiger partial charge is 0.139 e. The summed E-state index contributed by atoms with van der Waals surface area (Å²) in [5.74, 6) is 0.497. The van der Waals surface area contributed by atoms with Crippen molar-refractivity contribution in [2.24, 2.45) is 0 Å². The summed E-state index contributed by atoms with van der Waals surface area (Å²) >= 11 is 5.91. The molecular weight excluding hydrogens is 262 g/mol. The molecule has 0 amide bonds. The Morgan fingerprint density at radius 1 is 1.42 bits per heavy atom. The Bertz CT molecular complexity index is 628. The van der Waals surface area contributed by atoms with Crippen molar-refractivity contribution < 1.29 is 4.74 Å². The predicted molar refractivity (Wildman–Crippen MR) is 73.1 cm³/mol. The maximum absolute atomic E-state index is 9.02. The number of ether oxygens (including phenoxy) is 1. The van der Waals surface area contributed by atoms with Gasteiger partial charge in [0.05, 0.1) is 17.0 Å². The van der Waals surface area contributed by atoms with E-state index in [1.165, 1.54) is 0 Å². The van der Waals surface area contributed by atoms with E-state index in [9.17, 15) is 0 Å². The molecule has 98 valence electrons. The number of rotatable bonds is 4. The lowest BCUT2D eigenvalue weighted by atomic mass is 10.2. The summed E-state index contributed by atoms with van der Waals surface area (Å²) < 4.78 is 7.56.